The zero-order valence-electron chi connectivity index (χ0n) is 17.9. The molecule has 1 aliphatic rings. The van der Waals surface area contributed by atoms with Crippen LogP contribution < -0.4 is 10.2 Å². The monoisotopic (exact) mass is 494 g/mol. The molecule has 3 aromatic carbocycles. The highest BCUT2D eigenvalue weighted by molar-refractivity contribution is 9.10. The summed E-state index contributed by atoms with van der Waals surface area (Å²) in [7, 11) is 0. The molecule has 0 radical (unpaired) electrons. The summed E-state index contributed by atoms with van der Waals surface area (Å²) < 4.78 is 6.19. The van der Waals surface area contributed by atoms with Crippen molar-refractivity contribution in [2.75, 3.05) is 23.4 Å². The average Bonchev–Trinajstić information content (AvgIpc) is 3.17. The molecule has 1 atom stereocenters. The van der Waals surface area contributed by atoms with Crippen LogP contribution in [0.15, 0.2) is 59.1 Å². The number of rotatable bonds is 5. The number of hydrogen-bond acceptors (Lipinski definition) is 4. The Hall–Kier alpha value is -3.19. The van der Waals surface area contributed by atoms with Crippen LogP contribution in [0.25, 0.3) is 10.8 Å². The normalized spacial score (nSPS) is 15.8. The zero-order chi connectivity index (χ0) is 22.8. The molecule has 1 saturated heterocycles. The van der Waals surface area contributed by atoms with E-state index in [0.29, 0.717) is 5.69 Å². The van der Waals surface area contributed by atoms with Crippen molar-refractivity contribution in [1.82, 2.24) is 0 Å². The van der Waals surface area contributed by atoms with Gasteiger partial charge in [-0.1, -0.05) is 52.3 Å². The molecule has 1 heterocycles. The van der Waals surface area contributed by atoms with E-state index in [2.05, 4.69) is 21.2 Å². The molecule has 164 valence electrons. The van der Waals surface area contributed by atoms with Gasteiger partial charge in [0.1, 0.15) is 0 Å². The van der Waals surface area contributed by atoms with Gasteiger partial charge in [0.2, 0.25) is 5.91 Å². The first-order chi connectivity index (χ1) is 15.3. The van der Waals surface area contributed by atoms with Gasteiger partial charge in [0.15, 0.2) is 6.61 Å². The van der Waals surface area contributed by atoms with E-state index in [1.54, 1.807) is 4.90 Å². The summed E-state index contributed by atoms with van der Waals surface area (Å²) in [4.78, 5) is 39.1. The molecule has 0 saturated carbocycles. The van der Waals surface area contributed by atoms with Gasteiger partial charge in [-0.2, -0.15) is 0 Å². The fourth-order valence-electron chi connectivity index (χ4n) is 3.90. The molecule has 3 aromatic rings. The topological polar surface area (TPSA) is 75.7 Å². The quantitative estimate of drug-likeness (QED) is 0.519. The fraction of sp³-hybridized carbons (Fsp3) is 0.240. The molecule has 0 aromatic heterocycles. The van der Waals surface area contributed by atoms with Gasteiger partial charge in [0.05, 0.1) is 11.6 Å². The number of amides is 2. The van der Waals surface area contributed by atoms with Crippen LogP contribution in [0.1, 0.15) is 17.5 Å². The van der Waals surface area contributed by atoms with Gasteiger partial charge < -0.3 is 15.0 Å². The van der Waals surface area contributed by atoms with Crippen LogP contribution in [-0.4, -0.2) is 30.9 Å². The maximum absolute atomic E-state index is 12.6. The number of esters is 1. The van der Waals surface area contributed by atoms with Crippen molar-refractivity contribution in [2.45, 2.75) is 20.3 Å². The molecule has 1 aliphatic heterocycles. The van der Waals surface area contributed by atoms with Crippen molar-refractivity contribution in [1.29, 1.82) is 0 Å². The van der Waals surface area contributed by atoms with Crippen LogP contribution in [-0.2, 0) is 19.1 Å². The Balaban J connectivity index is 1.38. The summed E-state index contributed by atoms with van der Waals surface area (Å²) in [6, 6.07) is 17.3. The molecule has 0 aliphatic carbocycles. The van der Waals surface area contributed by atoms with Gasteiger partial charge in [-0.25, -0.2) is 0 Å². The van der Waals surface area contributed by atoms with Crippen LogP contribution in [0.4, 0.5) is 11.4 Å². The standard InChI is InChI=1S/C25H23BrN2O4/c1-15-11-21(16(2)10-20(15)26)27-23(29)14-32-25(31)18-12-24(30)28(13-18)22-9-5-7-17-6-3-4-8-19(17)22/h3-11,18H,12-14H2,1-2H3,(H,27,29)/t18-/m1/s1. The number of nitrogens with one attached hydrogen (secondary N) is 1. The lowest BCUT2D eigenvalue weighted by atomic mass is 10.1. The molecule has 2 amide bonds. The van der Waals surface area contributed by atoms with E-state index in [-0.39, 0.29) is 18.9 Å². The molecular formula is C25H23BrN2O4. The van der Waals surface area contributed by atoms with Gasteiger partial charge in [-0.3, -0.25) is 14.4 Å². The molecular weight excluding hydrogens is 472 g/mol. The number of ether oxygens (including phenoxy) is 1. The summed E-state index contributed by atoms with van der Waals surface area (Å²) in [5.74, 6) is -1.70. The second-order valence-electron chi connectivity index (χ2n) is 7.98. The van der Waals surface area contributed by atoms with Crippen LogP contribution in [0, 0.1) is 19.8 Å². The van der Waals surface area contributed by atoms with Crippen molar-refractivity contribution >= 4 is 55.9 Å². The summed E-state index contributed by atoms with van der Waals surface area (Å²) in [6.45, 7) is 3.65. The number of nitrogens with zero attached hydrogens (tertiary/aromatic N) is 1. The number of benzene rings is 3. The lowest BCUT2D eigenvalue weighted by molar-refractivity contribution is -0.151. The lowest BCUT2D eigenvalue weighted by Gasteiger charge is -2.19. The highest BCUT2D eigenvalue weighted by Crippen LogP contribution is 2.32. The van der Waals surface area contributed by atoms with Crippen molar-refractivity contribution in [3.8, 4) is 0 Å². The average molecular weight is 495 g/mol. The van der Waals surface area contributed by atoms with E-state index in [1.807, 2.05) is 68.4 Å². The third-order valence-electron chi connectivity index (χ3n) is 5.64. The Bertz CT molecular complexity index is 1220. The van der Waals surface area contributed by atoms with E-state index in [9.17, 15) is 14.4 Å². The Labute approximate surface area is 194 Å². The molecule has 32 heavy (non-hydrogen) atoms. The molecule has 7 heteroatoms. The molecule has 0 bridgehead atoms. The summed E-state index contributed by atoms with van der Waals surface area (Å²) in [5, 5.41) is 4.76. The van der Waals surface area contributed by atoms with Gasteiger partial charge in [0, 0.05) is 28.5 Å². The number of hydrogen-bond donors (Lipinski definition) is 1. The molecule has 4 rings (SSSR count). The minimum absolute atomic E-state index is 0.0642. The third-order valence-corrected chi connectivity index (χ3v) is 6.50. The minimum Gasteiger partial charge on any atom is -0.455 e. The Kier molecular flexibility index (Phi) is 6.28. The van der Waals surface area contributed by atoms with Crippen LogP contribution >= 0.6 is 15.9 Å². The van der Waals surface area contributed by atoms with E-state index in [4.69, 9.17) is 4.74 Å². The van der Waals surface area contributed by atoms with E-state index >= 15 is 0 Å². The van der Waals surface area contributed by atoms with Crippen LogP contribution in [0.2, 0.25) is 0 Å². The first-order valence-corrected chi connectivity index (χ1v) is 11.1. The number of fused-ring (bicyclic) bond motifs is 1. The number of carbonyl (C=O) groups excluding carboxylic acids is 3. The second kappa shape index (κ2) is 9.12. The second-order valence-corrected chi connectivity index (χ2v) is 8.83. The van der Waals surface area contributed by atoms with Gasteiger partial charge in [-0.15, -0.1) is 0 Å². The summed E-state index contributed by atoms with van der Waals surface area (Å²) in [6.07, 6.45) is 0.0642. The maximum Gasteiger partial charge on any atom is 0.311 e. The van der Waals surface area contributed by atoms with Gasteiger partial charge in [-0.05, 0) is 48.6 Å². The predicted octanol–water partition coefficient (Wildman–Crippen LogP) is 4.75. The van der Waals surface area contributed by atoms with E-state index in [0.717, 1.165) is 32.1 Å². The molecule has 0 spiro atoms. The van der Waals surface area contributed by atoms with Crippen molar-refractivity contribution in [3.05, 3.63) is 70.2 Å². The van der Waals surface area contributed by atoms with Gasteiger partial charge in [0.25, 0.3) is 5.91 Å². The zero-order valence-corrected chi connectivity index (χ0v) is 19.4. The Morgan fingerprint density at radius 2 is 1.84 bits per heavy atom. The van der Waals surface area contributed by atoms with E-state index in [1.165, 1.54) is 0 Å². The van der Waals surface area contributed by atoms with Crippen molar-refractivity contribution in [2.24, 2.45) is 5.92 Å². The van der Waals surface area contributed by atoms with Crippen LogP contribution in [0.5, 0.6) is 0 Å². The molecule has 1 fully saturated rings. The first-order valence-electron chi connectivity index (χ1n) is 10.3. The third kappa shape index (κ3) is 4.53. The SMILES string of the molecule is Cc1cc(NC(=O)COC(=O)[C@@H]2CC(=O)N(c3cccc4ccccc34)C2)c(C)cc1Br. The highest BCUT2D eigenvalue weighted by Gasteiger charge is 2.36. The minimum atomic E-state index is -0.606. The van der Waals surface area contributed by atoms with Crippen LogP contribution in [0.3, 0.4) is 0 Å². The van der Waals surface area contributed by atoms with Crippen molar-refractivity contribution in [3.63, 3.8) is 0 Å². The molecule has 6 nitrogen and oxygen atoms in total. The smallest absolute Gasteiger partial charge is 0.311 e. The van der Waals surface area contributed by atoms with Crippen molar-refractivity contribution < 1.29 is 19.1 Å². The first kappa shape index (κ1) is 22.0. The number of aryl methyl sites for hydroxylation is 2. The number of carbonyl (C=O) groups is 3. The maximum atomic E-state index is 12.6. The largest absolute Gasteiger partial charge is 0.455 e. The predicted molar refractivity (Wildman–Crippen MR) is 128 cm³/mol. The highest BCUT2D eigenvalue weighted by atomic mass is 79.9. The molecule has 1 N–H and O–H groups in total. The number of halogens is 1. The fourth-order valence-corrected chi connectivity index (χ4v) is 4.36. The van der Waals surface area contributed by atoms with E-state index < -0.39 is 24.4 Å². The summed E-state index contributed by atoms with van der Waals surface area (Å²) in [5.41, 5.74) is 3.34. The van der Waals surface area contributed by atoms with Gasteiger partial charge >= 0.3 is 5.97 Å². The Morgan fingerprint density at radius 3 is 2.66 bits per heavy atom. The lowest BCUT2D eigenvalue weighted by Crippen LogP contribution is -2.28. The number of anilines is 2. The Morgan fingerprint density at radius 1 is 1.09 bits per heavy atom. The summed E-state index contributed by atoms with van der Waals surface area (Å²) >= 11 is 3.46. The molecule has 0 unspecified atom stereocenters.